The van der Waals surface area contributed by atoms with Gasteiger partial charge in [-0.25, -0.2) is 4.98 Å². The number of nitrogens with one attached hydrogen (secondary N) is 1. The van der Waals surface area contributed by atoms with Crippen LogP contribution in [0.1, 0.15) is 37.9 Å². The van der Waals surface area contributed by atoms with Gasteiger partial charge >= 0.3 is 0 Å². The van der Waals surface area contributed by atoms with Gasteiger partial charge in [0.2, 0.25) is 5.88 Å². The minimum absolute atomic E-state index is 0.722. The summed E-state index contributed by atoms with van der Waals surface area (Å²) in [4.78, 5) is 4.42. The molecule has 0 bridgehead atoms. The molecule has 3 heteroatoms. The molecule has 1 N–H and O–H groups in total. The largest absolute Gasteiger partial charge is 0.481 e. The topological polar surface area (TPSA) is 34.2 Å². The molecule has 0 saturated carbocycles. The molecule has 0 atom stereocenters. The zero-order valence-corrected chi connectivity index (χ0v) is 10.5. The van der Waals surface area contributed by atoms with E-state index in [2.05, 4.69) is 30.2 Å². The van der Waals surface area contributed by atoms with E-state index in [-0.39, 0.29) is 0 Å². The van der Waals surface area contributed by atoms with Gasteiger partial charge in [-0.2, -0.15) is 0 Å². The first-order chi connectivity index (χ1) is 7.80. The lowest BCUT2D eigenvalue weighted by molar-refractivity contribution is 0.395. The second-order valence-electron chi connectivity index (χ2n) is 3.94. The molecule has 0 radical (unpaired) electrons. The maximum atomic E-state index is 5.21. The lowest BCUT2D eigenvalue weighted by Crippen LogP contribution is -2.14. The fraction of sp³-hybridized carbons (Fsp3) is 0.615. The average Bonchev–Trinajstić information content (AvgIpc) is 2.29. The third-order valence-electron chi connectivity index (χ3n) is 2.39. The van der Waals surface area contributed by atoms with Gasteiger partial charge in [0.1, 0.15) is 0 Å². The summed E-state index contributed by atoms with van der Waals surface area (Å²) in [5, 5.41) is 3.39. The zero-order chi connectivity index (χ0) is 11.8. The monoisotopic (exact) mass is 222 g/mol. The quantitative estimate of drug-likeness (QED) is 0.720. The molecule has 90 valence electrons. The predicted molar refractivity (Wildman–Crippen MR) is 66.8 cm³/mol. The normalized spacial score (nSPS) is 10.4. The Kier molecular flexibility index (Phi) is 5.86. The number of rotatable bonds is 7. The summed E-state index contributed by atoms with van der Waals surface area (Å²) in [5.41, 5.74) is 2.37. The molecule has 1 aromatic heterocycles. The fourth-order valence-corrected chi connectivity index (χ4v) is 1.62. The van der Waals surface area contributed by atoms with Gasteiger partial charge in [-0.05, 0) is 31.0 Å². The molecule has 3 nitrogen and oxygen atoms in total. The van der Waals surface area contributed by atoms with Crippen LogP contribution < -0.4 is 10.1 Å². The molecule has 0 fully saturated rings. The third-order valence-corrected chi connectivity index (χ3v) is 2.39. The standard InChI is InChI=1S/C13H22N2O/c1-4-6-12-8-11(10-14-7-5-2)9-13(15-12)16-3/h8-9,14H,4-7,10H2,1-3H3. The number of ether oxygens (including phenoxy) is 1. The number of pyridine rings is 1. The highest BCUT2D eigenvalue weighted by Gasteiger charge is 2.02. The number of hydrogen-bond donors (Lipinski definition) is 1. The Balaban J connectivity index is 2.69. The number of nitrogens with zero attached hydrogens (tertiary/aromatic N) is 1. The SMILES string of the molecule is CCCNCc1cc(CCC)nc(OC)c1. The van der Waals surface area contributed by atoms with Gasteiger partial charge in [0.05, 0.1) is 7.11 Å². The Bertz CT molecular complexity index is 313. The van der Waals surface area contributed by atoms with Crippen molar-refractivity contribution in [1.29, 1.82) is 0 Å². The number of aryl methyl sites for hydroxylation is 1. The molecule has 0 aliphatic carbocycles. The fourth-order valence-electron chi connectivity index (χ4n) is 1.62. The lowest BCUT2D eigenvalue weighted by Gasteiger charge is -2.08. The minimum atomic E-state index is 0.722. The molecular formula is C13H22N2O. The number of aromatic nitrogens is 1. The van der Waals surface area contributed by atoms with Crippen LogP contribution >= 0.6 is 0 Å². The zero-order valence-electron chi connectivity index (χ0n) is 10.5. The number of hydrogen-bond acceptors (Lipinski definition) is 3. The summed E-state index contributed by atoms with van der Waals surface area (Å²) in [6, 6.07) is 4.16. The Hall–Kier alpha value is -1.09. The third kappa shape index (κ3) is 4.19. The van der Waals surface area contributed by atoms with Crippen molar-refractivity contribution in [2.75, 3.05) is 13.7 Å². The molecule has 0 aromatic carbocycles. The van der Waals surface area contributed by atoms with Crippen molar-refractivity contribution < 1.29 is 4.74 Å². The second-order valence-corrected chi connectivity index (χ2v) is 3.94. The van der Waals surface area contributed by atoms with E-state index >= 15 is 0 Å². The van der Waals surface area contributed by atoms with Crippen molar-refractivity contribution in [3.05, 3.63) is 23.4 Å². The summed E-state index contributed by atoms with van der Waals surface area (Å²) < 4.78 is 5.21. The highest BCUT2D eigenvalue weighted by Crippen LogP contribution is 2.13. The lowest BCUT2D eigenvalue weighted by atomic mass is 10.1. The Morgan fingerprint density at radius 3 is 2.69 bits per heavy atom. The maximum Gasteiger partial charge on any atom is 0.213 e. The van der Waals surface area contributed by atoms with Crippen LogP contribution in [0.2, 0.25) is 0 Å². The van der Waals surface area contributed by atoms with Gasteiger partial charge in [0.15, 0.2) is 0 Å². The smallest absolute Gasteiger partial charge is 0.213 e. The van der Waals surface area contributed by atoms with E-state index in [9.17, 15) is 0 Å². The van der Waals surface area contributed by atoms with Crippen LogP contribution in [-0.4, -0.2) is 18.6 Å². The molecule has 1 aromatic rings. The first-order valence-electron chi connectivity index (χ1n) is 6.04. The van der Waals surface area contributed by atoms with Gasteiger partial charge in [-0.3, -0.25) is 0 Å². The summed E-state index contributed by atoms with van der Waals surface area (Å²) in [6.07, 6.45) is 3.28. The van der Waals surface area contributed by atoms with Gasteiger partial charge in [-0.15, -0.1) is 0 Å². The first kappa shape index (κ1) is 13.0. The van der Waals surface area contributed by atoms with E-state index in [4.69, 9.17) is 4.74 Å². The molecule has 16 heavy (non-hydrogen) atoms. The summed E-state index contributed by atoms with van der Waals surface area (Å²) in [6.45, 7) is 6.27. The van der Waals surface area contributed by atoms with Crippen molar-refractivity contribution in [2.24, 2.45) is 0 Å². The predicted octanol–water partition coefficient (Wildman–Crippen LogP) is 2.54. The van der Waals surface area contributed by atoms with E-state index in [0.717, 1.165) is 43.9 Å². The molecule has 1 rings (SSSR count). The van der Waals surface area contributed by atoms with Crippen LogP contribution in [0.5, 0.6) is 5.88 Å². The van der Waals surface area contributed by atoms with E-state index in [0.29, 0.717) is 0 Å². The Morgan fingerprint density at radius 1 is 1.25 bits per heavy atom. The molecule has 1 heterocycles. The molecule has 0 aliphatic heterocycles. The van der Waals surface area contributed by atoms with Crippen molar-refractivity contribution in [3.63, 3.8) is 0 Å². The van der Waals surface area contributed by atoms with Gasteiger partial charge < -0.3 is 10.1 Å². The molecular weight excluding hydrogens is 200 g/mol. The molecule has 0 saturated heterocycles. The van der Waals surface area contributed by atoms with Crippen molar-refractivity contribution >= 4 is 0 Å². The van der Waals surface area contributed by atoms with E-state index in [1.807, 2.05) is 6.07 Å². The molecule has 0 spiro atoms. The second kappa shape index (κ2) is 7.23. The average molecular weight is 222 g/mol. The van der Waals surface area contributed by atoms with E-state index in [1.165, 1.54) is 5.56 Å². The van der Waals surface area contributed by atoms with Crippen LogP contribution in [0.25, 0.3) is 0 Å². The Labute approximate surface area is 98.2 Å². The van der Waals surface area contributed by atoms with Gasteiger partial charge in [0, 0.05) is 18.3 Å². The van der Waals surface area contributed by atoms with E-state index in [1.54, 1.807) is 7.11 Å². The summed E-state index contributed by atoms with van der Waals surface area (Å²) >= 11 is 0. The van der Waals surface area contributed by atoms with Gasteiger partial charge in [-0.1, -0.05) is 20.3 Å². The van der Waals surface area contributed by atoms with Crippen molar-refractivity contribution in [1.82, 2.24) is 10.3 Å². The van der Waals surface area contributed by atoms with Crippen LogP contribution in [-0.2, 0) is 13.0 Å². The molecule has 0 amide bonds. The van der Waals surface area contributed by atoms with Crippen LogP contribution in [0.4, 0.5) is 0 Å². The summed E-state index contributed by atoms with van der Waals surface area (Å²) in [7, 11) is 1.67. The number of methoxy groups -OCH3 is 1. The van der Waals surface area contributed by atoms with E-state index < -0.39 is 0 Å². The van der Waals surface area contributed by atoms with Crippen LogP contribution in [0.15, 0.2) is 12.1 Å². The van der Waals surface area contributed by atoms with Gasteiger partial charge in [0.25, 0.3) is 0 Å². The highest BCUT2D eigenvalue weighted by molar-refractivity contribution is 5.25. The molecule has 0 aliphatic rings. The molecule has 0 unspecified atom stereocenters. The van der Waals surface area contributed by atoms with Crippen LogP contribution in [0, 0.1) is 0 Å². The van der Waals surface area contributed by atoms with Crippen LogP contribution in [0.3, 0.4) is 0 Å². The van der Waals surface area contributed by atoms with Crippen molar-refractivity contribution in [2.45, 2.75) is 39.7 Å². The maximum absolute atomic E-state index is 5.21. The highest BCUT2D eigenvalue weighted by atomic mass is 16.5. The Morgan fingerprint density at radius 2 is 2.06 bits per heavy atom. The van der Waals surface area contributed by atoms with Crippen molar-refractivity contribution in [3.8, 4) is 5.88 Å². The summed E-state index contributed by atoms with van der Waals surface area (Å²) in [5.74, 6) is 0.722. The first-order valence-corrected chi connectivity index (χ1v) is 6.04. The minimum Gasteiger partial charge on any atom is -0.481 e.